The van der Waals surface area contributed by atoms with Gasteiger partial charge in [0.05, 0.1) is 4.92 Å². The zero-order valence-corrected chi connectivity index (χ0v) is 10.5. The highest BCUT2D eigenvalue weighted by Gasteiger charge is 2.24. The lowest BCUT2D eigenvalue weighted by atomic mass is 10.0. The standard InChI is InChI=1S/C12H18N4O2/c1-2-3-9-6-7-15(8-9)11-5-4-10(16(17)18)12(13)14-11/h4-5,9H,2-3,6-8H2,1H3,(H2,13,14). The summed E-state index contributed by atoms with van der Waals surface area (Å²) < 4.78 is 0. The lowest BCUT2D eigenvalue weighted by Crippen LogP contribution is -2.21. The quantitative estimate of drug-likeness (QED) is 0.654. The molecular formula is C12H18N4O2. The summed E-state index contributed by atoms with van der Waals surface area (Å²) in [6.45, 7) is 4.11. The van der Waals surface area contributed by atoms with Gasteiger partial charge in [0, 0.05) is 19.2 Å². The second kappa shape index (κ2) is 5.20. The number of anilines is 2. The molecule has 1 aliphatic heterocycles. The highest BCUT2D eigenvalue weighted by Crippen LogP contribution is 2.28. The van der Waals surface area contributed by atoms with Crippen molar-refractivity contribution < 1.29 is 4.92 Å². The maximum absolute atomic E-state index is 10.7. The maximum atomic E-state index is 10.7. The van der Waals surface area contributed by atoms with Crippen LogP contribution in [0, 0.1) is 16.0 Å². The molecule has 6 nitrogen and oxygen atoms in total. The zero-order chi connectivity index (χ0) is 13.1. The molecule has 0 spiro atoms. The molecule has 0 amide bonds. The van der Waals surface area contributed by atoms with Gasteiger partial charge in [-0.25, -0.2) is 4.98 Å². The van der Waals surface area contributed by atoms with Crippen molar-refractivity contribution in [3.05, 3.63) is 22.2 Å². The van der Waals surface area contributed by atoms with Crippen LogP contribution < -0.4 is 10.6 Å². The van der Waals surface area contributed by atoms with Crippen molar-refractivity contribution in [3.8, 4) is 0 Å². The highest BCUT2D eigenvalue weighted by atomic mass is 16.6. The minimum atomic E-state index is -0.504. The van der Waals surface area contributed by atoms with Gasteiger partial charge >= 0.3 is 5.69 Å². The van der Waals surface area contributed by atoms with Crippen LogP contribution in [0.1, 0.15) is 26.2 Å². The summed E-state index contributed by atoms with van der Waals surface area (Å²) in [5, 5.41) is 10.7. The van der Waals surface area contributed by atoms with E-state index in [2.05, 4.69) is 16.8 Å². The Bertz CT molecular complexity index is 450. The van der Waals surface area contributed by atoms with Crippen molar-refractivity contribution in [2.75, 3.05) is 23.7 Å². The molecule has 0 saturated carbocycles. The average molecular weight is 250 g/mol. The Hall–Kier alpha value is -1.85. The van der Waals surface area contributed by atoms with E-state index in [1.54, 1.807) is 6.07 Å². The molecule has 6 heteroatoms. The van der Waals surface area contributed by atoms with Crippen LogP contribution in [0.15, 0.2) is 12.1 Å². The molecule has 0 radical (unpaired) electrons. The van der Waals surface area contributed by atoms with Crippen molar-refractivity contribution >= 4 is 17.3 Å². The summed E-state index contributed by atoms with van der Waals surface area (Å²) in [6.07, 6.45) is 3.57. The Labute approximate surface area is 106 Å². The lowest BCUT2D eigenvalue weighted by Gasteiger charge is -2.17. The van der Waals surface area contributed by atoms with Gasteiger partial charge in [0.25, 0.3) is 0 Å². The molecule has 0 bridgehead atoms. The van der Waals surface area contributed by atoms with Crippen LogP contribution in [0.25, 0.3) is 0 Å². The van der Waals surface area contributed by atoms with Crippen molar-refractivity contribution in [2.45, 2.75) is 26.2 Å². The number of rotatable bonds is 4. The van der Waals surface area contributed by atoms with Crippen LogP contribution in [-0.4, -0.2) is 23.0 Å². The van der Waals surface area contributed by atoms with Crippen LogP contribution in [0.5, 0.6) is 0 Å². The number of nitro groups is 1. The first-order valence-corrected chi connectivity index (χ1v) is 6.27. The molecule has 2 heterocycles. The van der Waals surface area contributed by atoms with Crippen LogP contribution in [0.2, 0.25) is 0 Å². The number of hydrogen-bond donors (Lipinski definition) is 1. The van der Waals surface area contributed by atoms with E-state index in [1.165, 1.54) is 18.9 Å². The third kappa shape index (κ3) is 2.52. The van der Waals surface area contributed by atoms with Crippen molar-refractivity contribution in [1.29, 1.82) is 0 Å². The minimum Gasteiger partial charge on any atom is -0.378 e. The van der Waals surface area contributed by atoms with Gasteiger partial charge in [-0.1, -0.05) is 13.3 Å². The molecule has 0 aliphatic carbocycles. The maximum Gasteiger partial charge on any atom is 0.311 e. The molecule has 1 unspecified atom stereocenters. The molecule has 1 saturated heterocycles. The number of pyridine rings is 1. The van der Waals surface area contributed by atoms with Crippen molar-refractivity contribution in [3.63, 3.8) is 0 Å². The van der Waals surface area contributed by atoms with Gasteiger partial charge in [0.15, 0.2) is 0 Å². The fourth-order valence-corrected chi connectivity index (χ4v) is 2.47. The van der Waals surface area contributed by atoms with E-state index in [0.29, 0.717) is 5.92 Å². The van der Waals surface area contributed by atoms with E-state index in [4.69, 9.17) is 5.73 Å². The lowest BCUT2D eigenvalue weighted by molar-refractivity contribution is -0.384. The summed E-state index contributed by atoms with van der Waals surface area (Å²) in [7, 11) is 0. The van der Waals surface area contributed by atoms with Crippen molar-refractivity contribution in [1.82, 2.24) is 4.98 Å². The monoisotopic (exact) mass is 250 g/mol. The summed E-state index contributed by atoms with van der Waals surface area (Å²) in [6, 6.07) is 3.12. The Morgan fingerprint density at radius 2 is 2.39 bits per heavy atom. The molecule has 1 aromatic heterocycles. The predicted octanol–water partition coefficient (Wildman–Crippen LogP) is 2.20. The van der Waals surface area contributed by atoms with Gasteiger partial charge in [-0.2, -0.15) is 0 Å². The van der Waals surface area contributed by atoms with Crippen LogP contribution >= 0.6 is 0 Å². The highest BCUT2D eigenvalue weighted by molar-refractivity contribution is 5.58. The molecule has 1 fully saturated rings. The summed E-state index contributed by atoms with van der Waals surface area (Å²) in [5.41, 5.74) is 5.48. The topological polar surface area (TPSA) is 85.3 Å². The van der Waals surface area contributed by atoms with Crippen LogP contribution in [-0.2, 0) is 0 Å². The second-order valence-electron chi connectivity index (χ2n) is 4.72. The molecule has 1 aliphatic rings. The molecule has 18 heavy (non-hydrogen) atoms. The first-order valence-electron chi connectivity index (χ1n) is 6.27. The third-order valence-corrected chi connectivity index (χ3v) is 3.39. The largest absolute Gasteiger partial charge is 0.378 e. The zero-order valence-electron chi connectivity index (χ0n) is 10.5. The van der Waals surface area contributed by atoms with Crippen LogP contribution in [0.3, 0.4) is 0 Å². The predicted molar refractivity (Wildman–Crippen MR) is 70.5 cm³/mol. The van der Waals surface area contributed by atoms with Gasteiger partial charge in [0.2, 0.25) is 5.82 Å². The van der Waals surface area contributed by atoms with E-state index in [1.807, 2.05) is 0 Å². The molecule has 2 N–H and O–H groups in total. The first kappa shape index (κ1) is 12.6. The van der Waals surface area contributed by atoms with Gasteiger partial charge < -0.3 is 10.6 Å². The number of nitrogen functional groups attached to an aromatic ring is 1. The Balaban J connectivity index is 2.11. The normalized spacial score (nSPS) is 19.2. The fourth-order valence-electron chi connectivity index (χ4n) is 2.47. The van der Waals surface area contributed by atoms with Gasteiger partial charge in [-0.3, -0.25) is 10.1 Å². The minimum absolute atomic E-state index is 0.00329. The van der Waals surface area contributed by atoms with Gasteiger partial charge in [0.1, 0.15) is 5.82 Å². The smallest absolute Gasteiger partial charge is 0.311 e. The molecule has 1 aromatic rings. The molecule has 98 valence electrons. The number of nitrogens with zero attached hydrogens (tertiary/aromatic N) is 3. The second-order valence-corrected chi connectivity index (χ2v) is 4.72. The summed E-state index contributed by atoms with van der Waals surface area (Å²) >= 11 is 0. The third-order valence-electron chi connectivity index (χ3n) is 3.39. The average Bonchev–Trinajstić information content (AvgIpc) is 2.77. The van der Waals surface area contributed by atoms with E-state index in [0.717, 1.165) is 25.3 Å². The SMILES string of the molecule is CCCC1CCN(c2ccc([N+](=O)[O-])c(N)n2)C1. The van der Waals surface area contributed by atoms with Gasteiger partial charge in [-0.15, -0.1) is 0 Å². The van der Waals surface area contributed by atoms with Gasteiger partial charge in [-0.05, 0) is 24.8 Å². The number of hydrogen-bond acceptors (Lipinski definition) is 5. The van der Waals surface area contributed by atoms with E-state index in [-0.39, 0.29) is 11.5 Å². The van der Waals surface area contributed by atoms with E-state index >= 15 is 0 Å². The molecule has 2 rings (SSSR count). The van der Waals surface area contributed by atoms with Crippen LogP contribution in [0.4, 0.5) is 17.3 Å². The Kier molecular flexibility index (Phi) is 3.64. The fraction of sp³-hybridized carbons (Fsp3) is 0.583. The number of nitrogens with two attached hydrogens (primary N) is 1. The first-order chi connectivity index (χ1) is 8.61. The molecule has 1 atom stereocenters. The molecular weight excluding hydrogens is 232 g/mol. The van der Waals surface area contributed by atoms with E-state index < -0.39 is 4.92 Å². The van der Waals surface area contributed by atoms with E-state index in [9.17, 15) is 10.1 Å². The molecule has 0 aromatic carbocycles. The Morgan fingerprint density at radius 1 is 1.61 bits per heavy atom. The Morgan fingerprint density at radius 3 is 3.00 bits per heavy atom. The van der Waals surface area contributed by atoms with Crippen molar-refractivity contribution in [2.24, 2.45) is 5.92 Å². The number of aromatic nitrogens is 1. The summed E-state index contributed by atoms with van der Waals surface area (Å²) in [4.78, 5) is 16.4. The summed E-state index contributed by atoms with van der Waals surface area (Å²) in [5.74, 6) is 1.45.